The average molecular weight is 290 g/mol. The summed E-state index contributed by atoms with van der Waals surface area (Å²) in [6.45, 7) is 0. The molecule has 0 saturated carbocycles. The Morgan fingerprint density at radius 2 is 2.10 bits per heavy atom. The lowest BCUT2D eigenvalue weighted by atomic mass is 10.1. The molecule has 0 unspecified atom stereocenters. The summed E-state index contributed by atoms with van der Waals surface area (Å²) in [5, 5.41) is 8.87. The minimum Gasteiger partial charge on any atom is -0.500 e. The lowest BCUT2D eigenvalue weighted by Crippen LogP contribution is -1.95. The van der Waals surface area contributed by atoms with E-state index in [1.54, 1.807) is 31.0 Å². The minimum atomic E-state index is -0.889. The fourth-order valence-electron chi connectivity index (χ4n) is 2.02. The number of rotatable bonds is 5. The lowest BCUT2D eigenvalue weighted by Gasteiger charge is -2.09. The van der Waals surface area contributed by atoms with Gasteiger partial charge in [0.2, 0.25) is 0 Å². The second-order valence-electron chi connectivity index (χ2n) is 4.58. The standard InChI is InChI=1S/C16H18O3S/c1-19-14-5-3-2-4-6-15(14)20-11-12-7-9-13(10-8-12)16(17)18/h4,6-10H,2-3,5,11H2,1H3,(H,17,18). The van der Waals surface area contributed by atoms with E-state index >= 15 is 0 Å². The predicted molar refractivity (Wildman–Crippen MR) is 81.7 cm³/mol. The van der Waals surface area contributed by atoms with Crippen LogP contribution >= 0.6 is 11.8 Å². The third-order valence-electron chi connectivity index (χ3n) is 3.16. The number of thioether (sulfide) groups is 1. The first-order chi connectivity index (χ1) is 9.70. The first-order valence-electron chi connectivity index (χ1n) is 6.59. The number of ether oxygens (including phenoxy) is 1. The zero-order valence-corrected chi connectivity index (χ0v) is 12.3. The van der Waals surface area contributed by atoms with Gasteiger partial charge in [0, 0.05) is 17.1 Å². The van der Waals surface area contributed by atoms with E-state index in [4.69, 9.17) is 9.84 Å². The summed E-state index contributed by atoms with van der Waals surface area (Å²) in [6, 6.07) is 7.02. The molecule has 0 radical (unpaired) electrons. The van der Waals surface area contributed by atoms with Crippen molar-refractivity contribution in [3.05, 3.63) is 58.2 Å². The van der Waals surface area contributed by atoms with Crippen molar-refractivity contribution in [1.82, 2.24) is 0 Å². The Morgan fingerprint density at radius 3 is 2.75 bits per heavy atom. The van der Waals surface area contributed by atoms with Gasteiger partial charge in [0.15, 0.2) is 0 Å². The van der Waals surface area contributed by atoms with Crippen LogP contribution in [0.1, 0.15) is 35.2 Å². The maximum atomic E-state index is 10.8. The molecule has 0 fully saturated rings. The zero-order chi connectivity index (χ0) is 14.4. The molecule has 3 nitrogen and oxygen atoms in total. The van der Waals surface area contributed by atoms with Gasteiger partial charge in [-0.15, -0.1) is 11.8 Å². The Labute approximate surface area is 123 Å². The van der Waals surface area contributed by atoms with Crippen molar-refractivity contribution in [2.75, 3.05) is 7.11 Å². The predicted octanol–water partition coefficient (Wildman–Crippen LogP) is 4.22. The van der Waals surface area contributed by atoms with E-state index in [2.05, 4.69) is 12.2 Å². The van der Waals surface area contributed by atoms with Crippen LogP contribution in [0.5, 0.6) is 0 Å². The van der Waals surface area contributed by atoms with Crippen LogP contribution < -0.4 is 0 Å². The molecule has 1 aliphatic carbocycles. The summed E-state index contributed by atoms with van der Waals surface area (Å²) in [7, 11) is 1.72. The van der Waals surface area contributed by atoms with Crippen LogP contribution in [-0.2, 0) is 10.5 Å². The number of aromatic carboxylic acids is 1. The Hall–Kier alpha value is -1.68. The number of carboxylic acids is 1. The monoisotopic (exact) mass is 290 g/mol. The fourth-order valence-corrected chi connectivity index (χ4v) is 3.08. The van der Waals surface area contributed by atoms with Crippen LogP contribution in [0.4, 0.5) is 0 Å². The van der Waals surface area contributed by atoms with Gasteiger partial charge in [-0.3, -0.25) is 0 Å². The summed E-state index contributed by atoms with van der Waals surface area (Å²) in [6.07, 6.45) is 7.50. The third-order valence-corrected chi connectivity index (χ3v) is 4.31. The highest BCUT2D eigenvalue weighted by atomic mass is 32.2. The molecule has 1 N–H and O–H groups in total. The van der Waals surface area contributed by atoms with Gasteiger partial charge in [0.25, 0.3) is 0 Å². The summed E-state index contributed by atoms with van der Waals surface area (Å²) in [4.78, 5) is 12.0. The average Bonchev–Trinajstić information content (AvgIpc) is 2.70. The lowest BCUT2D eigenvalue weighted by molar-refractivity contribution is 0.0697. The largest absolute Gasteiger partial charge is 0.500 e. The molecule has 2 rings (SSSR count). The van der Waals surface area contributed by atoms with Gasteiger partial charge in [0.05, 0.1) is 12.7 Å². The third kappa shape index (κ3) is 3.90. The van der Waals surface area contributed by atoms with Gasteiger partial charge in [0.1, 0.15) is 5.76 Å². The summed E-state index contributed by atoms with van der Waals surface area (Å²) in [5.41, 5.74) is 1.44. The molecule has 1 aliphatic rings. The summed E-state index contributed by atoms with van der Waals surface area (Å²) < 4.78 is 5.45. The second-order valence-corrected chi connectivity index (χ2v) is 5.59. The Kier molecular flexibility index (Phi) is 5.30. The molecule has 106 valence electrons. The van der Waals surface area contributed by atoms with E-state index in [0.717, 1.165) is 36.3 Å². The van der Waals surface area contributed by atoms with E-state index < -0.39 is 5.97 Å². The zero-order valence-electron chi connectivity index (χ0n) is 11.5. The first kappa shape index (κ1) is 14.7. The molecule has 0 amide bonds. The van der Waals surface area contributed by atoms with Crippen LogP contribution in [0.15, 0.2) is 47.1 Å². The highest BCUT2D eigenvalue weighted by molar-refractivity contribution is 8.02. The number of hydrogen-bond acceptors (Lipinski definition) is 3. The maximum absolute atomic E-state index is 10.8. The van der Waals surface area contributed by atoms with Gasteiger partial charge in [-0.2, -0.15) is 0 Å². The van der Waals surface area contributed by atoms with Gasteiger partial charge < -0.3 is 9.84 Å². The van der Waals surface area contributed by atoms with Crippen molar-refractivity contribution in [3.8, 4) is 0 Å². The number of carbonyl (C=O) groups is 1. The molecular weight excluding hydrogens is 272 g/mol. The van der Waals surface area contributed by atoms with Crippen LogP contribution in [0.3, 0.4) is 0 Å². The SMILES string of the molecule is COC1=C(SCc2ccc(C(=O)O)cc2)C=CCCC1. The van der Waals surface area contributed by atoms with Crippen LogP contribution in [0, 0.1) is 0 Å². The molecule has 4 heteroatoms. The fraction of sp³-hybridized carbons (Fsp3) is 0.312. The van der Waals surface area contributed by atoms with Crippen molar-refractivity contribution in [2.45, 2.75) is 25.0 Å². The summed E-state index contributed by atoms with van der Waals surface area (Å²) in [5.74, 6) is 0.970. The van der Waals surface area contributed by atoms with E-state index in [9.17, 15) is 4.79 Å². The number of hydrogen-bond donors (Lipinski definition) is 1. The number of allylic oxidation sites excluding steroid dienone is 3. The Bertz CT molecular complexity index is 529. The topological polar surface area (TPSA) is 46.5 Å². The Balaban J connectivity index is 2.03. The second kappa shape index (κ2) is 7.20. The molecule has 0 atom stereocenters. The van der Waals surface area contributed by atoms with E-state index in [0.29, 0.717) is 5.56 Å². The highest BCUT2D eigenvalue weighted by Gasteiger charge is 2.09. The van der Waals surface area contributed by atoms with E-state index in [1.165, 1.54) is 4.91 Å². The summed E-state index contributed by atoms with van der Waals surface area (Å²) >= 11 is 1.73. The molecule has 0 saturated heterocycles. The van der Waals surface area contributed by atoms with Gasteiger partial charge >= 0.3 is 5.97 Å². The maximum Gasteiger partial charge on any atom is 0.335 e. The van der Waals surface area contributed by atoms with Crippen molar-refractivity contribution in [2.24, 2.45) is 0 Å². The Morgan fingerprint density at radius 1 is 1.35 bits per heavy atom. The van der Waals surface area contributed by atoms with Crippen LogP contribution in [0.2, 0.25) is 0 Å². The number of benzene rings is 1. The number of methoxy groups -OCH3 is 1. The van der Waals surface area contributed by atoms with Crippen LogP contribution in [0.25, 0.3) is 0 Å². The molecule has 0 heterocycles. The van der Waals surface area contributed by atoms with Crippen molar-refractivity contribution in [1.29, 1.82) is 0 Å². The molecule has 0 aromatic heterocycles. The normalized spacial score (nSPS) is 15.1. The first-order valence-corrected chi connectivity index (χ1v) is 7.58. The minimum absolute atomic E-state index is 0.324. The molecule has 1 aromatic carbocycles. The van der Waals surface area contributed by atoms with Crippen molar-refractivity contribution >= 4 is 17.7 Å². The van der Waals surface area contributed by atoms with Crippen molar-refractivity contribution in [3.63, 3.8) is 0 Å². The molecule has 20 heavy (non-hydrogen) atoms. The van der Waals surface area contributed by atoms with Gasteiger partial charge in [-0.25, -0.2) is 4.79 Å². The van der Waals surface area contributed by atoms with E-state index in [1.807, 2.05) is 12.1 Å². The quantitative estimate of drug-likeness (QED) is 0.882. The molecule has 0 bridgehead atoms. The highest BCUT2D eigenvalue weighted by Crippen LogP contribution is 2.30. The van der Waals surface area contributed by atoms with Crippen molar-refractivity contribution < 1.29 is 14.6 Å². The smallest absolute Gasteiger partial charge is 0.335 e. The molecule has 1 aromatic rings. The molecular formula is C16H18O3S. The van der Waals surface area contributed by atoms with Gasteiger partial charge in [-0.1, -0.05) is 18.2 Å². The van der Waals surface area contributed by atoms with E-state index in [-0.39, 0.29) is 0 Å². The van der Waals surface area contributed by atoms with Crippen LogP contribution in [-0.4, -0.2) is 18.2 Å². The molecule has 0 spiro atoms. The number of carboxylic acid groups (broad SMARTS) is 1. The molecule has 0 aliphatic heterocycles. The van der Waals surface area contributed by atoms with Gasteiger partial charge in [-0.05, 0) is 36.6 Å².